The number of methoxy groups -OCH3 is 1. The summed E-state index contributed by atoms with van der Waals surface area (Å²) < 4.78 is 5.54. The first kappa shape index (κ1) is 29.2. The van der Waals surface area contributed by atoms with E-state index in [4.69, 9.17) is 4.74 Å². The summed E-state index contributed by atoms with van der Waals surface area (Å²) in [4.78, 5) is 0. The number of hydrogen-bond donors (Lipinski definition) is 0. The predicted octanol–water partition coefficient (Wildman–Crippen LogP) is 12.1. The number of fused-ring (bicyclic) bond motifs is 1. The molecule has 1 heterocycles. The Balaban J connectivity index is 2.04. The summed E-state index contributed by atoms with van der Waals surface area (Å²) in [5.74, 6) is 0.881. The predicted molar refractivity (Wildman–Crippen MR) is 182 cm³/mol. The van der Waals surface area contributed by atoms with Crippen molar-refractivity contribution in [2.45, 2.75) is 78.6 Å². The minimum absolute atomic E-state index is 0.0153. The van der Waals surface area contributed by atoms with Gasteiger partial charge in [-0.3, -0.25) is 0 Å². The highest BCUT2D eigenvalue weighted by atomic mass is 31.1. The Kier molecular flexibility index (Phi) is 7.50. The molecule has 0 bridgehead atoms. The lowest BCUT2D eigenvalue weighted by molar-refractivity contribution is 0.415. The van der Waals surface area contributed by atoms with Crippen molar-refractivity contribution >= 4 is 18.0 Å². The molecule has 1 nitrogen and oxygen atoms in total. The molecule has 0 saturated heterocycles. The number of ether oxygens (including phenoxy) is 1. The van der Waals surface area contributed by atoms with Crippen molar-refractivity contribution in [1.82, 2.24) is 0 Å². The average Bonchev–Trinajstić information content (AvgIpc) is 3.26. The maximum absolute atomic E-state index is 5.54. The van der Waals surface area contributed by atoms with Crippen LogP contribution in [0.15, 0.2) is 91.0 Å². The van der Waals surface area contributed by atoms with E-state index in [0.29, 0.717) is 0 Å². The molecule has 0 spiro atoms. The Labute approximate surface area is 248 Å². The van der Waals surface area contributed by atoms with E-state index in [1.54, 1.807) is 7.11 Å². The molecule has 0 fully saturated rings. The zero-order valence-corrected chi connectivity index (χ0v) is 27.4. The molecule has 212 valence electrons. The highest BCUT2D eigenvalue weighted by Crippen LogP contribution is 2.64. The third-order valence-electron chi connectivity index (χ3n) is 8.12. The summed E-state index contributed by atoms with van der Waals surface area (Å²) in [6.45, 7) is 21.3. The summed E-state index contributed by atoms with van der Waals surface area (Å²) in [5, 5.41) is 5.78. The summed E-state index contributed by atoms with van der Waals surface area (Å²) in [5.41, 5.74) is 8.28. The molecule has 1 aromatic heterocycles. The third kappa shape index (κ3) is 5.50. The van der Waals surface area contributed by atoms with Crippen LogP contribution in [0.4, 0.5) is 0 Å². The Morgan fingerprint density at radius 1 is 0.561 bits per heavy atom. The van der Waals surface area contributed by atoms with Gasteiger partial charge in [-0.2, -0.15) is 0 Å². The van der Waals surface area contributed by atoms with Gasteiger partial charge in [0.15, 0.2) is 0 Å². The van der Waals surface area contributed by atoms with E-state index >= 15 is 0 Å². The van der Waals surface area contributed by atoms with E-state index in [9.17, 15) is 0 Å². The van der Waals surface area contributed by atoms with Crippen LogP contribution in [0.5, 0.6) is 5.75 Å². The third-order valence-corrected chi connectivity index (χ3v) is 10.8. The molecular formula is C39H45OP. The molecule has 0 aliphatic carbocycles. The highest BCUT2D eigenvalue weighted by molar-refractivity contribution is 7.66. The van der Waals surface area contributed by atoms with Gasteiger partial charge in [-0.25, -0.2) is 0 Å². The monoisotopic (exact) mass is 560 g/mol. The average molecular weight is 561 g/mol. The summed E-state index contributed by atoms with van der Waals surface area (Å²) in [7, 11) is 0.893. The van der Waals surface area contributed by atoms with Crippen LogP contribution in [-0.2, 0) is 16.2 Å². The molecule has 0 aliphatic rings. The van der Waals surface area contributed by atoms with E-state index < -0.39 is 7.53 Å². The van der Waals surface area contributed by atoms with Gasteiger partial charge in [0.1, 0.15) is 5.75 Å². The van der Waals surface area contributed by atoms with Crippen LogP contribution in [0.2, 0.25) is 0 Å². The van der Waals surface area contributed by atoms with Gasteiger partial charge in [0, 0.05) is 21.3 Å². The van der Waals surface area contributed by atoms with Gasteiger partial charge in [-0.05, 0) is 61.6 Å². The Bertz CT molecular complexity index is 1650. The van der Waals surface area contributed by atoms with E-state index in [-0.39, 0.29) is 16.2 Å². The molecule has 2 heteroatoms. The van der Waals surface area contributed by atoms with Gasteiger partial charge in [0.25, 0.3) is 0 Å². The minimum Gasteiger partial charge on any atom is -0.497 e. The van der Waals surface area contributed by atoms with Crippen molar-refractivity contribution in [3.8, 4) is 33.0 Å². The van der Waals surface area contributed by atoms with Gasteiger partial charge < -0.3 is 4.74 Å². The highest BCUT2D eigenvalue weighted by Gasteiger charge is 2.33. The normalized spacial score (nSPS) is 13.1. The second-order valence-electron chi connectivity index (χ2n) is 14.3. The standard InChI is InChI=1S/C39H45OP/c1-37(2,3)28-24-31(38(4,5)6)36(32(25-28)39(7,8)9)41-33-19-15-14-18-30(33)34(26-20-22-29(40-10)23-21-26)35(41)27-16-12-11-13-17-27/h11-25H,1-10H3. The fourth-order valence-electron chi connectivity index (χ4n) is 5.84. The molecule has 0 amide bonds. The zero-order chi connectivity index (χ0) is 29.7. The molecule has 4 aromatic carbocycles. The molecule has 5 rings (SSSR count). The second kappa shape index (κ2) is 10.5. The first-order chi connectivity index (χ1) is 19.2. The molecule has 1 unspecified atom stereocenters. The van der Waals surface area contributed by atoms with Crippen LogP contribution in [0.3, 0.4) is 0 Å². The van der Waals surface area contributed by atoms with E-state index in [2.05, 4.69) is 153 Å². The van der Waals surface area contributed by atoms with Gasteiger partial charge >= 0.3 is 0 Å². The summed E-state index contributed by atoms with van der Waals surface area (Å²) in [6.07, 6.45) is 0. The van der Waals surface area contributed by atoms with Crippen LogP contribution in [0.1, 0.15) is 79.0 Å². The zero-order valence-electron chi connectivity index (χ0n) is 26.5. The molecule has 0 N–H and O–H groups in total. The molecule has 5 aromatic rings. The van der Waals surface area contributed by atoms with E-state index in [1.165, 1.54) is 54.5 Å². The second-order valence-corrected chi connectivity index (χ2v) is 16.4. The smallest absolute Gasteiger partial charge is 0.118 e. The Morgan fingerprint density at radius 2 is 1.10 bits per heavy atom. The van der Waals surface area contributed by atoms with Gasteiger partial charge in [0.2, 0.25) is 0 Å². The molecule has 0 saturated carbocycles. The van der Waals surface area contributed by atoms with E-state index in [1.807, 2.05) is 0 Å². The van der Waals surface area contributed by atoms with Crippen molar-refractivity contribution in [2.75, 3.05) is 7.11 Å². The number of hydrogen-bond acceptors (Lipinski definition) is 1. The van der Waals surface area contributed by atoms with Crippen LogP contribution in [-0.4, -0.2) is 7.11 Å². The largest absolute Gasteiger partial charge is 0.497 e. The van der Waals surface area contributed by atoms with Crippen molar-refractivity contribution in [2.24, 2.45) is 0 Å². The minimum atomic E-state index is -0.840. The fraction of sp³-hybridized carbons (Fsp3) is 0.333. The van der Waals surface area contributed by atoms with Crippen LogP contribution in [0.25, 0.3) is 37.8 Å². The van der Waals surface area contributed by atoms with E-state index in [0.717, 1.165) is 5.75 Å². The molecule has 0 radical (unpaired) electrons. The van der Waals surface area contributed by atoms with Crippen molar-refractivity contribution < 1.29 is 4.74 Å². The topological polar surface area (TPSA) is 9.23 Å². The van der Waals surface area contributed by atoms with Gasteiger partial charge in [-0.1, -0.05) is 149 Å². The first-order valence-corrected chi connectivity index (χ1v) is 16.1. The summed E-state index contributed by atoms with van der Waals surface area (Å²) >= 11 is 0. The SMILES string of the molecule is COc1ccc(-c2c(-c3ccccc3)p(-c3c(C(C)(C)C)cc(C(C)(C)C)cc3C(C)(C)C)c3ccccc23)cc1. The maximum atomic E-state index is 5.54. The van der Waals surface area contributed by atoms with Crippen LogP contribution in [0, 0.1) is 0 Å². The Morgan fingerprint density at radius 3 is 1.61 bits per heavy atom. The van der Waals surface area contributed by atoms with Crippen molar-refractivity contribution in [3.05, 3.63) is 108 Å². The molecule has 41 heavy (non-hydrogen) atoms. The van der Waals surface area contributed by atoms with Crippen LogP contribution >= 0.6 is 7.53 Å². The fourth-order valence-corrected chi connectivity index (χ4v) is 9.37. The van der Waals surface area contributed by atoms with Crippen molar-refractivity contribution in [3.63, 3.8) is 0 Å². The van der Waals surface area contributed by atoms with Crippen molar-refractivity contribution in [1.29, 1.82) is 0 Å². The number of benzene rings is 4. The maximum Gasteiger partial charge on any atom is 0.118 e. The quantitative estimate of drug-likeness (QED) is 0.212. The Hall–Kier alpha value is -3.28. The van der Waals surface area contributed by atoms with Gasteiger partial charge in [-0.15, -0.1) is 0 Å². The lowest BCUT2D eigenvalue weighted by Gasteiger charge is -2.34. The lowest BCUT2D eigenvalue weighted by atomic mass is 9.75. The summed E-state index contributed by atoms with van der Waals surface area (Å²) in [6, 6.07) is 33.9. The molecule has 1 atom stereocenters. The van der Waals surface area contributed by atoms with Crippen LogP contribution < -0.4 is 4.74 Å². The molecular weight excluding hydrogens is 515 g/mol. The number of rotatable bonds is 4. The molecule has 0 aliphatic heterocycles. The first-order valence-electron chi connectivity index (χ1n) is 14.7. The lowest BCUT2D eigenvalue weighted by Crippen LogP contribution is -2.22. The van der Waals surface area contributed by atoms with Gasteiger partial charge in [0.05, 0.1) is 7.11 Å².